The molecule has 2 aliphatic heterocycles. The van der Waals surface area contributed by atoms with Gasteiger partial charge < -0.3 is 4.90 Å². The summed E-state index contributed by atoms with van der Waals surface area (Å²) in [6.07, 6.45) is 10.8. The van der Waals surface area contributed by atoms with Crippen LogP contribution in [0.15, 0.2) is 29.5 Å². The third-order valence-electron chi connectivity index (χ3n) is 6.00. The van der Waals surface area contributed by atoms with Gasteiger partial charge >= 0.3 is 6.03 Å². The number of amidine groups is 1. The summed E-state index contributed by atoms with van der Waals surface area (Å²) in [4.78, 5) is 37.9. The van der Waals surface area contributed by atoms with E-state index < -0.39 is 5.54 Å². The second-order valence-corrected chi connectivity index (χ2v) is 7.82. The molecule has 0 bridgehead atoms. The van der Waals surface area contributed by atoms with Crippen LogP contribution in [0.4, 0.5) is 10.5 Å². The summed E-state index contributed by atoms with van der Waals surface area (Å²) in [5.74, 6) is 0.769. The quantitative estimate of drug-likeness (QED) is 0.871. The van der Waals surface area contributed by atoms with Gasteiger partial charge in [-0.25, -0.2) is 4.79 Å². The molecule has 3 heterocycles. The molecular weight excluding hydrogens is 342 g/mol. The maximum absolute atomic E-state index is 13.0. The van der Waals surface area contributed by atoms with Gasteiger partial charge in [-0.3, -0.25) is 25.0 Å². The number of rotatable bonds is 2. The van der Waals surface area contributed by atoms with E-state index in [1.807, 2.05) is 17.0 Å². The van der Waals surface area contributed by atoms with Crippen molar-refractivity contribution in [2.45, 2.75) is 63.5 Å². The minimum Gasteiger partial charge on any atom is -0.340 e. The van der Waals surface area contributed by atoms with E-state index in [0.29, 0.717) is 6.54 Å². The standard InChI is InChI=1S/C20H27N5O2/c1-15(26)24-12-6-10-20(14-24)18(22-16-7-3-2-4-8-16)23-19(27)25(20)17-9-5-11-21-13-17/h5,9,11,13,16H,2-4,6-8,10,12,14H2,1H3,(H,22,23,27). The van der Waals surface area contributed by atoms with Gasteiger partial charge in [-0.05, 0) is 37.8 Å². The van der Waals surface area contributed by atoms with E-state index in [2.05, 4.69) is 10.3 Å². The van der Waals surface area contributed by atoms with Crippen LogP contribution in [0.2, 0.25) is 0 Å². The second kappa shape index (κ2) is 7.29. The number of aromatic nitrogens is 1. The summed E-state index contributed by atoms with van der Waals surface area (Å²) in [7, 11) is 0. The Hall–Kier alpha value is -2.44. The number of hydrogen-bond donors (Lipinski definition) is 1. The van der Waals surface area contributed by atoms with Gasteiger partial charge in [0, 0.05) is 19.7 Å². The van der Waals surface area contributed by atoms with Gasteiger partial charge in [0.15, 0.2) is 0 Å². The van der Waals surface area contributed by atoms with Crippen LogP contribution in [0.1, 0.15) is 51.9 Å². The first-order valence-electron chi connectivity index (χ1n) is 9.95. The summed E-state index contributed by atoms with van der Waals surface area (Å²) in [6.45, 7) is 2.79. The fraction of sp³-hybridized carbons (Fsp3) is 0.600. The number of urea groups is 1. The number of carbonyl (C=O) groups is 2. The molecule has 1 unspecified atom stereocenters. The van der Waals surface area contributed by atoms with Crippen molar-refractivity contribution in [1.29, 1.82) is 0 Å². The van der Waals surface area contributed by atoms with E-state index in [-0.39, 0.29) is 18.0 Å². The highest BCUT2D eigenvalue weighted by molar-refractivity contribution is 6.19. The van der Waals surface area contributed by atoms with Gasteiger partial charge in [-0.2, -0.15) is 0 Å². The van der Waals surface area contributed by atoms with Crippen LogP contribution in [-0.2, 0) is 4.79 Å². The number of hydrogen-bond acceptors (Lipinski definition) is 4. The molecule has 1 saturated carbocycles. The lowest BCUT2D eigenvalue weighted by atomic mass is 9.86. The second-order valence-electron chi connectivity index (χ2n) is 7.82. The average molecular weight is 369 g/mol. The summed E-state index contributed by atoms with van der Waals surface area (Å²) in [5, 5.41) is 3.04. The maximum Gasteiger partial charge on any atom is 0.328 e. The molecule has 1 aromatic heterocycles. The highest BCUT2D eigenvalue weighted by atomic mass is 16.2. The maximum atomic E-state index is 13.0. The lowest BCUT2D eigenvalue weighted by Crippen LogP contribution is -2.61. The Kier molecular flexibility index (Phi) is 4.85. The molecule has 144 valence electrons. The Bertz CT molecular complexity index is 744. The number of nitrogens with one attached hydrogen (secondary N) is 1. The molecule has 1 N–H and O–H groups in total. The van der Waals surface area contributed by atoms with Crippen molar-refractivity contribution < 1.29 is 9.59 Å². The summed E-state index contributed by atoms with van der Waals surface area (Å²) in [6, 6.07) is 3.80. The number of nitrogens with zero attached hydrogens (tertiary/aromatic N) is 4. The van der Waals surface area contributed by atoms with Crippen LogP contribution < -0.4 is 10.2 Å². The van der Waals surface area contributed by atoms with E-state index >= 15 is 0 Å². The minimum absolute atomic E-state index is 0.0385. The van der Waals surface area contributed by atoms with Crippen LogP contribution in [0.3, 0.4) is 0 Å². The van der Waals surface area contributed by atoms with E-state index in [4.69, 9.17) is 4.99 Å². The van der Waals surface area contributed by atoms with Crippen molar-refractivity contribution in [3.05, 3.63) is 24.5 Å². The summed E-state index contributed by atoms with van der Waals surface area (Å²) in [5.41, 5.74) is 0.121. The molecular formula is C20H27N5O2. The SMILES string of the molecule is CC(=O)N1CCCC2(C1)C(=NC1CCCCC1)NC(=O)N2c1cccnc1. The van der Waals surface area contributed by atoms with Gasteiger partial charge in [0.1, 0.15) is 11.4 Å². The van der Waals surface area contributed by atoms with Crippen LogP contribution in [0.5, 0.6) is 0 Å². The molecule has 7 nitrogen and oxygen atoms in total. The third kappa shape index (κ3) is 3.31. The smallest absolute Gasteiger partial charge is 0.328 e. The molecule has 3 amide bonds. The van der Waals surface area contributed by atoms with Gasteiger partial charge in [-0.15, -0.1) is 0 Å². The van der Waals surface area contributed by atoms with Crippen LogP contribution in [-0.4, -0.2) is 52.3 Å². The molecule has 1 aromatic rings. The normalized spacial score (nSPS) is 28.0. The van der Waals surface area contributed by atoms with Gasteiger partial charge in [0.05, 0.1) is 24.5 Å². The fourth-order valence-electron chi connectivity index (χ4n) is 4.65. The molecule has 1 spiro atoms. The first-order chi connectivity index (χ1) is 13.1. The number of pyridine rings is 1. The highest BCUT2D eigenvalue weighted by Gasteiger charge is 2.54. The van der Waals surface area contributed by atoms with Crippen molar-refractivity contribution in [3.63, 3.8) is 0 Å². The van der Waals surface area contributed by atoms with Crippen LogP contribution >= 0.6 is 0 Å². The van der Waals surface area contributed by atoms with E-state index in [1.54, 1.807) is 24.2 Å². The number of likely N-dealkylation sites (tertiary alicyclic amines) is 1. The number of anilines is 1. The average Bonchev–Trinajstić information content (AvgIpc) is 2.94. The lowest BCUT2D eigenvalue weighted by Gasteiger charge is -2.44. The van der Waals surface area contributed by atoms with Gasteiger partial charge in [-0.1, -0.05) is 19.3 Å². The molecule has 2 saturated heterocycles. The number of carbonyl (C=O) groups excluding carboxylic acids is 2. The predicted octanol–water partition coefficient (Wildman–Crippen LogP) is 2.72. The molecule has 7 heteroatoms. The molecule has 0 aromatic carbocycles. The Labute approximate surface area is 159 Å². The van der Waals surface area contributed by atoms with E-state index in [1.165, 1.54) is 19.3 Å². The Morgan fingerprint density at radius 3 is 2.81 bits per heavy atom. The third-order valence-corrected chi connectivity index (χ3v) is 6.00. The molecule has 1 atom stereocenters. The van der Waals surface area contributed by atoms with E-state index in [9.17, 15) is 9.59 Å². The number of amides is 3. The first-order valence-corrected chi connectivity index (χ1v) is 9.95. The summed E-state index contributed by atoms with van der Waals surface area (Å²) >= 11 is 0. The predicted molar refractivity (Wildman–Crippen MR) is 104 cm³/mol. The Morgan fingerprint density at radius 1 is 1.30 bits per heavy atom. The molecule has 27 heavy (non-hydrogen) atoms. The number of aliphatic imine (C=N–C) groups is 1. The van der Waals surface area contributed by atoms with Crippen LogP contribution in [0.25, 0.3) is 0 Å². The topological polar surface area (TPSA) is 77.9 Å². The largest absolute Gasteiger partial charge is 0.340 e. The van der Waals surface area contributed by atoms with Crippen molar-refractivity contribution in [1.82, 2.24) is 15.2 Å². The Balaban J connectivity index is 1.75. The van der Waals surface area contributed by atoms with E-state index in [0.717, 1.165) is 43.8 Å². The molecule has 3 fully saturated rings. The minimum atomic E-state index is -0.624. The fourth-order valence-corrected chi connectivity index (χ4v) is 4.65. The first kappa shape index (κ1) is 17.9. The van der Waals surface area contributed by atoms with Crippen molar-refractivity contribution in [2.24, 2.45) is 4.99 Å². The van der Waals surface area contributed by atoms with Crippen molar-refractivity contribution >= 4 is 23.5 Å². The van der Waals surface area contributed by atoms with Gasteiger partial charge in [0.25, 0.3) is 0 Å². The van der Waals surface area contributed by atoms with Crippen LogP contribution in [0, 0.1) is 0 Å². The van der Waals surface area contributed by atoms with Crippen molar-refractivity contribution in [3.8, 4) is 0 Å². The molecule has 4 rings (SSSR count). The van der Waals surface area contributed by atoms with Gasteiger partial charge in [0.2, 0.25) is 5.91 Å². The zero-order valence-electron chi connectivity index (χ0n) is 15.9. The Morgan fingerprint density at radius 2 is 2.11 bits per heavy atom. The zero-order chi connectivity index (χ0) is 18.9. The molecule has 1 aliphatic carbocycles. The monoisotopic (exact) mass is 369 g/mol. The number of piperidine rings is 1. The summed E-state index contributed by atoms with van der Waals surface area (Å²) < 4.78 is 0. The lowest BCUT2D eigenvalue weighted by molar-refractivity contribution is -0.130. The molecule has 0 radical (unpaired) electrons. The molecule has 3 aliphatic rings. The highest BCUT2D eigenvalue weighted by Crippen LogP contribution is 2.37. The van der Waals surface area contributed by atoms with Crippen molar-refractivity contribution in [2.75, 3.05) is 18.0 Å². The zero-order valence-corrected chi connectivity index (χ0v) is 15.9.